The van der Waals surface area contributed by atoms with E-state index in [-0.39, 0.29) is 0 Å². The highest BCUT2D eigenvalue weighted by Gasteiger charge is 2.19. The molecule has 5 aromatic carbocycles. The Morgan fingerprint density at radius 2 is 0.854 bits per heavy atom. The lowest BCUT2D eigenvalue weighted by molar-refractivity contribution is 0.571. The van der Waals surface area contributed by atoms with Crippen LogP contribution in [0.3, 0.4) is 0 Å². The summed E-state index contributed by atoms with van der Waals surface area (Å²) in [4.78, 5) is 18.1. The van der Waals surface area contributed by atoms with E-state index in [1.54, 1.807) is 12.4 Å². The minimum atomic E-state index is 0.680. The smallest absolute Gasteiger partial charge is 0.181 e. The average molecular weight is 619 g/mol. The number of fused-ring (bicyclic) bond motifs is 2. The summed E-state index contributed by atoms with van der Waals surface area (Å²) in [5, 5.41) is 4.37. The molecule has 0 spiro atoms. The summed E-state index contributed by atoms with van der Waals surface area (Å²) < 4.78 is 11.1. The van der Waals surface area contributed by atoms with Gasteiger partial charge < -0.3 is 8.83 Å². The van der Waals surface area contributed by atoms with Gasteiger partial charge in [-0.1, -0.05) is 84.9 Å². The van der Waals surface area contributed by atoms with Crippen molar-refractivity contribution in [1.82, 2.24) is 19.9 Å². The van der Waals surface area contributed by atoms with E-state index in [1.807, 2.05) is 30.6 Å². The van der Waals surface area contributed by atoms with Gasteiger partial charge in [0, 0.05) is 34.6 Å². The van der Waals surface area contributed by atoms with Crippen LogP contribution in [0.15, 0.2) is 168 Å². The highest BCUT2D eigenvalue weighted by Crippen LogP contribution is 2.44. The molecule has 0 bridgehead atoms. The lowest BCUT2D eigenvalue weighted by Crippen LogP contribution is -1.94. The second-order valence-electron chi connectivity index (χ2n) is 11.6. The first-order valence-corrected chi connectivity index (χ1v) is 15.6. The van der Waals surface area contributed by atoms with Crippen LogP contribution in [0.2, 0.25) is 0 Å². The molecule has 0 atom stereocenters. The third-order valence-corrected chi connectivity index (χ3v) is 8.80. The summed E-state index contributed by atoms with van der Waals surface area (Å²) in [6.45, 7) is 0. The summed E-state index contributed by atoms with van der Waals surface area (Å²) in [7, 11) is 0. The highest BCUT2D eigenvalue weighted by atomic mass is 16.3. The molecule has 4 heterocycles. The van der Waals surface area contributed by atoms with E-state index in [9.17, 15) is 0 Å². The zero-order valence-corrected chi connectivity index (χ0v) is 25.6. The predicted octanol–water partition coefficient (Wildman–Crippen LogP) is 10.8. The van der Waals surface area contributed by atoms with Gasteiger partial charge in [0.1, 0.15) is 0 Å². The van der Waals surface area contributed by atoms with Crippen LogP contribution < -0.4 is 0 Å². The molecule has 0 saturated carbocycles. The number of nitrogens with zero attached hydrogens (tertiary/aromatic N) is 4. The quantitative estimate of drug-likeness (QED) is 0.173. The second kappa shape index (κ2) is 11.6. The molecule has 0 aliphatic rings. The maximum absolute atomic E-state index is 5.54. The predicted molar refractivity (Wildman–Crippen MR) is 190 cm³/mol. The van der Waals surface area contributed by atoms with Crippen molar-refractivity contribution in [2.45, 2.75) is 0 Å². The molecule has 6 heteroatoms. The van der Waals surface area contributed by atoms with Gasteiger partial charge in [0.25, 0.3) is 0 Å². The summed E-state index contributed by atoms with van der Waals surface area (Å²) in [5.74, 6) is 1.36. The van der Waals surface area contributed by atoms with E-state index in [4.69, 9.17) is 18.8 Å². The van der Waals surface area contributed by atoms with Gasteiger partial charge in [0.2, 0.25) is 0 Å². The summed E-state index contributed by atoms with van der Waals surface area (Å²) in [6.07, 6.45) is 9.96. The van der Waals surface area contributed by atoms with Crippen LogP contribution in [0.4, 0.5) is 0 Å². The van der Waals surface area contributed by atoms with Gasteiger partial charge >= 0.3 is 0 Å². The van der Waals surface area contributed by atoms with Gasteiger partial charge in [-0.3, -0.25) is 9.97 Å². The third-order valence-electron chi connectivity index (χ3n) is 8.80. The Morgan fingerprint density at radius 3 is 1.42 bits per heavy atom. The lowest BCUT2D eigenvalue weighted by atomic mass is 9.87. The Labute approximate surface area is 276 Å². The summed E-state index contributed by atoms with van der Waals surface area (Å²) in [6, 6.07) is 42.6. The number of hydrogen-bond acceptors (Lipinski definition) is 6. The largest absolute Gasteiger partial charge is 0.443 e. The van der Waals surface area contributed by atoms with Crippen LogP contribution in [0.5, 0.6) is 0 Å². The fourth-order valence-electron chi connectivity index (χ4n) is 6.51. The molecule has 0 aliphatic carbocycles. The fraction of sp³-hybridized carbons (Fsp3) is 0. The van der Waals surface area contributed by atoms with Crippen molar-refractivity contribution in [2.75, 3.05) is 0 Å². The molecular formula is C42H26N4O2. The molecule has 9 rings (SSSR count). The Morgan fingerprint density at radius 1 is 0.354 bits per heavy atom. The van der Waals surface area contributed by atoms with E-state index < -0.39 is 0 Å². The Balaban J connectivity index is 1.28. The SMILES string of the molecule is c1ccc(-c2cccc(-c3ccc4c(-c5ccc(-c6cnco6)cn5)c5ccccc5c(-c5ccc(-c6cnco6)cn5)c4c3)c2)cc1. The normalized spacial score (nSPS) is 11.3. The van der Waals surface area contributed by atoms with E-state index >= 15 is 0 Å². The van der Waals surface area contributed by atoms with Crippen molar-refractivity contribution in [2.24, 2.45) is 0 Å². The molecule has 0 aliphatic heterocycles. The summed E-state index contributed by atoms with van der Waals surface area (Å²) >= 11 is 0. The Hall–Kier alpha value is -6.66. The van der Waals surface area contributed by atoms with Crippen LogP contribution >= 0.6 is 0 Å². The number of rotatable bonds is 6. The molecule has 0 fully saturated rings. The number of benzene rings is 5. The Kier molecular flexibility index (Phi) is 6.68. The molecule has 0 saturated heterocycles. The standard InChI is InChI=1S/C42H26N4O2/c1-2-7-27(8-3-1)28-9-6-10-29(19-28)30-13-16-35-36(20-30)42(38-18-15-32(22-46-38)40-24-44-26-48-40)34-12-5-4-11-33(34)41(35)37-17-14-31(21-45-37)39-23-43-25-47-39/h1-26H. The minimum absolute atomic E-state index is 0.680. The van der Waals surface area contributed by atoms with Crippen molar-refractivity contribution < 1.29 is 8.83 Å². The van der Waals surface area contributed by atoms with Crippen molar-refractivity contribution in [3.05, 3.63) is 159 Å². The molecule has 0 unspecified atom stereocenters. The first-order valence-electron chi connectivity index (χ1n) is 15.6. The molecule has 4 aromatic heterocycles. The minimum Gasteiger partial charge on any atom is -0.443 e. The van der Waals surface area contributed by atoms with Crippen molar-refractivity contribution in [3.63, 3.8) is 0 Å². The molecule has 9 aromatic rings. The fourth-order valence-corrected chi connectivity index (χ4v) is 6.51. The summed E-state index contributed by atoms with van der Waals surface area (Å²) in [5.41, 5.74) is 10.2. The highest BCUT2D eigenvalue weighted by molar-refractivity contribution is 6.21. The third kappa shape index (κ3) is 4.84. The van der Waals surface area contributed by atoms with Crippen LogP contribution in [-0.4, -0.2) is 19.9 Å². The molecular weight excluding hydrogens is 592 g/mol. The second-order valence-corrected chi connectivity index (χ2v) is 11.6. The van der Waals surface area contributed by atoms with Crippen LogP contribution in [-0.2, 0) is 0 Å². The van der Waals surface area contributed by atoms with Crippen molar-refractivity contribution in [3.8, 4) is 67.4 Å². The average Bonchev–Trinajstić information content (AvgIpc) is 3.91. The van der Waals surface area contributed by atoms with Gasteiger partial charge in [0.15, 0.2) is 24.3 Å². The zero-order chi connectivity index (χ0) is 31.9. The van der Waals surface area contributed by atoms with E-state index in [0.29, 0.717) is 11.5 Å². The molecule has 0 amide bonds. The van der Waals surface area contributed by atoms with Gasteiger partial charge in [-0.25, -0.2) is 9.97 Å². The molecule has 226 valence electrons. The van der Waals surface area contributed by atoms with E-state index in [0.717, 1.165) is 66.3 Å². The first kappa shape index (κ1) is 27.6. The van der Waals surface area contributed by atoms with Crippen LogP contribution in [0.25, 0.3) is 89.0 Å². The monoisotopic (exact) mass is 618 g/mol. The van der Waals surface area contributed by atoms with Gasteiger partial charge in [-0.05, 0) is 80.2 Å². The van der Waals surface area contributed by atoms with Crippen LogP contribution in [0.1, 0.15) is 0 Å². The number of pyridine rings is 2. The van der Waals surface area contributed by atoms with E-state index in [2.05, 4.69) is 113 Å². The Bertz CT molecular complexity index is 2520. The molecule has 0 radical (unpaired) electrons. The van der Waals surface area contributed by atoms with E-state index in [1.165, 1.54) is 23.9 Å². The number of oxazole rings is 2. The molecule has 0 N–H and O–H groups in total. The van der Waals surface area contributed by atoms with Gasteiger partial charge in [-0.15, -0.1) is 0 Å². The molecule has 48 heavy (non-hydrogen) atoms. The van der Waals surface area contributed by atoms with Gasteiger partial charge in [-0.2, -0.15) is 0 Å². The van der Waals surface area contributed by atoms with Crippen LogP contribution in [0, 0.1) is 0 Å². The lowest BCUT2D eigenvalue weighted by Gasteiger charge is -2.18. The maximum Gasteiger partial charge on any atom is 0.181 e. The van der Waals surface area contributed by atoms with Crippen molar-refractivity contribution in [1.29, 1.82) is 0 Å². The zero-order valence-electron chi connectivity index (χ0n) is 25.6. The maximum atomic E-state index is 5.54. The van der Waals surface area contributed by atoms with Crippen molar-refractivity contribution >= 4 is 21.5 Å². The topological polar surface area (TPSA) is 77.8 Å². The molecule has 6 nitrogen and oxygen atoms in total. The number of hydrogen-bond donors (Lipinski definition) is 0. The van der Waals surface area contributed by atoms with Gasteiger partial charge in [0.05, 0.1) is 23.8 Å². The first-order chi connectivity index (χ1) is 23.8. The number of aromatic nitrogens is 4.